The lowest BCUT2D eigenvalue weighted by atomic mass is 10.0. The van der Waals surface area contributed by atoms with Crippen molar-refractivity contribution in [3.8, 4) is 5.75 Å². The summed E-state index contributed by atoms with van der Waals surface area (Å²) >= 11 is 0. The van der Waals surface area contributed by atoms with Crippen LogP contribution >= 0.6 is 0 Å². The molecule has 0 aliphatic rings. The van der Waals surface area contributed by atoms with Crippen LogP contribution in [-0.4, -0.2) is 11.3 Å². The monoisotopic (exact) mass is 255 g/mol. The largest absolute Gasteiger partial charge is 0.487 e. The predicted molar refractivity (Wildman–Crippen MR) is 74.5 cm³/mol. The van der Waals surface area contributed by atoms with Crippen LogP contribution in [0.25, 0.3) is 0 Å². The van der Waals surface area contributed by atoms with Crippen LogP contribution in [0.15, 0.2) is 42.6 Å². The third-order valence-corrected chi connectivity index (χ3v) is 2.93. The first-order chi connectivity index (χ1) is 9.19. The first-order valence-corrected chi connectivity index (χ1v) is 6.32. The van der Waals surface area contributed by atoms with Crippen molar-refractivity contribution in [2.75, 3.05) is 0 Å². The molecule has 1 aromatic carbocycles. The lowest BCUT2D eigenvalue weighted by molar-refractivity contribution is 0.111. The first-order valence-electron chi connectivity index (χ1n) is 6.32. The van der Waals surface area contributed by atoms with E-state index in [9.17, 15) is 4.79 Å². The zero-order chi connectivity index (χ0) is 13.7. The number of benzene rings is 1. The fourth-order valence-electron chi connectivity index (χ4n) is 1.71. The van der Waals surface area contributed by atoms with Gasteiger partial charge in [0.05, 0.1) is 6.20 Å². The van der Waals surface area contributed by atoms with Crippen LogP contribution in [0.5, 0.6) is 5.75 Å². The van der Waals surface area contributed by atoms with Crippen molar-refractivity contribution in [3.63, 3.8) is 0 Å². The smallest absolute Gasteiger partial charge is 0.168 e. The number of ether oxygens (including phenoxy) is 1. The third-order valence-electron chi connectivity index (χ3n) is 2.93. The predicted octanol–water partition coefficient (Wildman–Crippen LogP) is 3.60. The molecular formula is C16H17NO2. The summed E-state index contributed by atoms with van der Waals surface area (Å²) in [4.78, 5) is 14.4. The molecule has 0 aliphatic carbocycles. The Bertz CT molecular complexity index is 530. The third kappa shape index (κ3) is 3.65. The second kappa shape index (κ2) is 6.14. The van der Waals surface area contributed by atoms with Crippen molar-refractivity contribution < 1.29 is 9.53 Å². The molecule has 3 heteroatoms. The Morgan fingerprint density at radius 1 is 1.16 bits per heavy atom. The Kier molecular flexibility index (Phi) is 4.29. The minimum Gasteiger partial charge on any atom is -0.487 e. The van der Waals surface area contributed by atoms with Crippen LogP contribution in [-0.2, 0) is 6.61 Å². The van der Waals surface area contributed by atoms with E-state index in [4.69, 9.17) is 4.74 Å². The summed E-state index contributed by atoms with van der Waals surface area (Å²) in [5.74, 6) is 1.20. The number of carbonyl (C=O) groups excluding carboxylic acids is 1. The molecule has 0 bridgehead atoms. The Morgan fingerprint density at radius 2 is 1.89 bits per heavy atom. The summed E-state index contributed by atoms with van der Waals surface area (Å²) < 4.78 is 5.61. The van der Waals surface area contributed by atoms with Crippen molar-refractivity contribution >= 4 is 6.29 Å². The standard InChI is InChI=1S/C16H17NO2/c1-12(2)14-5-3-13(4-6-14)11-19-16-8-7-15(10-18)17-9-16/h3-10,12H,11H2,1-2H3. The number of nitrogens with zero attached hydrogens (tertiary/aromatic N) is 1. The average molecular weight is 255 g/mol. The number of carbonyl (C=O) groups is 1. The van der Waals surface area contributed by atoms with E-state index >= 15 is 0 Å². The molecule has 0 N–H and O–H groups in total. The maximum absolute atomic E-state index is 10.5. The molecule has 98 valence electrons. The van der Waals surface area contributed by atoms with Gasteiger partial charge in [0.1, 0.15) is 18.1 Å². The van der Waals surface area contributed by atoms with Gasteiger partial charge in [-0.1, -0.05) is 38.1 Å². The van der Waals surface area contributed by atoms with Crippen LogP contribution in [0.4, 0.5) is 0 Å². The summed E-state index contributed by atoms with van der Waals surface area (Å²) in [6, 6.07) is 11.8. The van der Waals surface area contributed by atoms with Gasteiger partial charge in [-0.05, 0) is 29.2 Å². The van der Waals surface area contributed by atoms with Gasteiger partial charge in [-0.15, -0.1) is 0 Å². The average Bonchev–Trinajstić information content (AvgIpc) is 2.46. The van der Waals surface area contributed by atoms with Gasteiger partial charge < -0.3 is 4.74 Å². The van der Waals surface area contributed by atoms with Gasteiger partial charge >= 0.3 is 0 Å². The molecule has 0 saturated heterocycles. The number of rotatable bonds is 5. The van der Waals surface area contributed by atoms with Crippen LogP contribution < -0.4 is 4.74 Å². The zero-order valence-electron chi connectivity index (χ0n) is 11.2. The SMILES string of the molecule is CC(C)c1ccc(COc2ccc(C=O)nc2)cc1. The second-order valence-electron chi connectivity index (χ2n) is 4.72. The molecule has 2 rings (SSSR count). The van der Waals surface area contributed by atoms with Gasteiger partial charge in [0.2, 0.25) is 0 Å². The summed E-state index contributed by atoms with van der Waals surface area (Å²) in [6.45, 7) is 4.85. The lowest BCUT2D eigenvalue weighted by Crippen LogP contribution is -1.97. The minimum absolute atomic E-state index is 0.411. The molecule has 0 aliphatic heterocycles. The van der Waals surface area contributed by atoms with E-state index in [1.165, 1.54) is 5.56 Å². The summed E-state index contributed by atoms with van der Waals surface area (Å²) in [5, 5.41) is 0. The van der Waals surface area contributed by atoms with Crippen molar-refractivity contribution in [1.82, 2.24) is 4.98 Å². The number of aromatic nitrogens is 1. The van der Waals surface area contributed by atoms with E-state index in [1.54, 1.807) is 18.3 Å². The van der Waals surface area contributed by atoms with Crippen molar-refractivity contribution in [3.05, 3.63) is 59.4 Å². The molecular weight excluding hydrogens is 238 g/mol. The number of aldehydes is 1. The Balaban J connectivity index is 1.95. The van der Waals surface area contributed by atoms with Gasteiger partial charge in [0.25, 0.3) is 0 Å². The van der Waals surface area contributed by atoms with Gasteiger partial charge in [-0.25, -0.2) is 4.98 Å². The van der Waals surface area contributed by atoms with Crippen LogP contribution in [0.2, 0.25) is 0 Å². The second-order valence-corrected chi connectivity index (χ2v) is 4.72. The van der Waals surface area contributed by atoms with Gasteiger partial charge in [0, 0.05) is 0 Å². The van der Waals surface area contributed by atoms with E-state index in [1.807, 2.05) is 0 Å². The molecule has 1 aromatic heterocycles. The molecule has 3 nitrogen and oxygen atoms in total. The number of pyridine rings is 1. The van der Waals surface area contributed by atoms with Crippen LogP contribution in [0, 0.1) is 0 Å². The maximum atomic E-state index is 10.5. The van der Waals surface area contributed by atoms with E-state index in [2.05, 4.69) is 43.1 Å². The highest BCUT2D eigenvalue weighted by molar-refractivity contribution is 5.71. The molecule has 1 heterocycles. The van der Waals surface area contributed by atoms with E-state index in [-0.39, 0.29) is 0 Å². The Labute approximate surface area is 113 Å². The minimum atomic E-state index is 0.411. The van der Waals surface area contributed by atoms with E-state index in [0.29, 0.717) is 30.3 Å². The quantitative estimate of drug-likeness (QED) is 0.766. The van der Waals surface area contributed by atoms with Crippen molar-refractivity contribution in [2.24, 2.45) is 0 Å². The lowest BCUT2D eigenvalue weighted by Gasteiger charge is -2.08. The van der Waals surface area contributed by atoms with Crippen molar-refractivity contribution in [1.29, 1.82) is 0 Å². The highest BCUT2D eigenvalue weighted by atomic mass is 16.5. The maximum Gasteiger partial charge on any atom is 0.168 e. The number of hydrogen-bond donors (Lipinski definition) is 0. The molecule has 2 aromatic rings. The van der Waals surface area contributed by atoms with Gasteiger partial charge in [-0.2, -0.15) is 0 Å². The van der Waals surface area contributed by atoms with E-state index < -0.39 is 0 Å². The summed E-state index contributed by atoms with van der Waals surface area (Å²) in [7, 11) is 0. The highest BCUT2D eigenvalue weighted by Gasteiger charge is 2.00. The van der Waals surface area contributed by atoms with Gasteiger partial charge in [-0.3, -0.25) is 4.79 Å². The fourth-order valence-corrected chi connectivity index (χ4v) is 1.71. The summed E-state index contributed by atoms with van der Waals surface area (Å²) in [6.07, 6.45) is 2.28. The van der Waals surface area contributed by atoms with Gasteiger partial charge in [0.15, 0.2) is 6.29 Å². The Hall–Kier alpha value is -2.16. The summed E-state index contributed by atoms with van der Waals surface area (Å²) in [5.41, 5.74) is 2.85. The zero-order valence-corrected chi connectivity index (χ0v) is 11.2. The fraction of sp³-hybridized carbons (Fsp3) is 0.250. The topological polar surface area (TPSA) is 39.2 Å². The molecule has 19 heavy (non-hydrogen) atoms. The van der Waals surface area contributed by atoms with Crippen LogP contribution in [0.1, 0.15) is 41.4 Å². The highest BCUT2D eigenvalue weighted by Crippen LogP contribution is 2.16. The van der Waals surface area contributed by atoms with E-state index in [0.717, 1.165) is 5.56 Å². The first kappa shape index (κ1) is 13.3. The molecule has 0 radical (unpaired) electrons. The molecule has 0 amide bonds. The molecule has 0 saturated carbocycles. The normalized spacial score (nSPS) is 10.5. The molecule has 0 atom stereocenters. The molecule has 0 fully saturated rings. The number of hydrogen-bond acceptors (Lipinski definition) is 3. The molecule has 0 spiro atoms. The van der Waals surface area contributed by atoms with Crippen LogP contribution in [0.3, 0.4) is 0 Å². The Morgan fingerprint density at radius 3 is 2.42 bits per heavy atom. The van der Waals surface area contributed by atoms with Crippen molar-refractivity contribution in [2.45, 2.75) is 26.4 Å². The molecule has 0 unspecified atom stereocenters.